The first kappa shape index (κ1) is 23.5. The van der Waals surface area contributed by atoms with Gasteiger partial charge in [-0.3, -0.25) is 0 Å². The molecule has 0 nitrogen and oxygen atoms in total. The van der Waals surface area contributed by atoms with E-state index in [-0.39, 0.29) is 0 Å². The second-order valence-corrected chi connectivity index (χ2v) is 7.83. The van der Waals surface area contributed by atoms with E-state index < -0.39 is 0 Å². The lowest BCUT2D eigenvalue weighted by atomic mass is 9.74. The van der Waals surface area contributed by atoms with Crippen molar-refractivity contribution in [2.75, 3.05) is 0 Å². The van der Waals surface area contributed by atoms with Gasteiger partial charge in [0.15, 0.2) is 0 Å². The molecule has 0 N–H and O–H groups in total. The summed E-state index contributed by atoms with van der Waals surface area (Å²) in [5.41, 5.74) is 4.79. The molecule has 2 unspecified atom stereocenters. The van der Waals surface area contributed by atoms with Gasteiger partial charge in [0.1, 0.15) is 0 Å². The third-order valence-corrected chi connectivity index (χ3v) is 5.92. The quantitative estimate of drug-likeness (QED) is 0.286. The summed E-state index contributed by atoms with van der Waals surface area (Å²) in [7, 11) is 0. The van der Waals surface area contributed by atoms with Crippen LogP contribution in [0.5, 0.6) is 0 Å². The van der Waals surface area contributed by atoms with Crippen LogP contribution in [0, 0.1) is 11.8 Å². The Morgan fingerprint density at radius 3 is 2.04 bits per heavy atom. The zero-order valence-corrected chi connectivity index (χ0v) is 18.2. The second kappa shape index (κ2) is 13.6. The third-order valence-electron chi connectivity index (χ3n) is 5.92. The van der Waals surface area contributed by atoms with E-state index >= 15 is 0 Å². The van der Waals surface area contributed by atoms with Crippen LogP contribution in [0.1, 0.15) is 90.5 Å². The summed E-state index contributed by atoms with van der Waals surface area (Å²) in [5.74, 6) is 1.91. The highest BCUT2D eigenvalue weighted by atomic mass is 14.3. The first-order valence-corrected chi connectivity index (χ1v) is 11.2. The van der Waals surface area contributed by atoms with Crippen molar-refractivity contribution in [3.8, 4) is 0 Å². The van der Waals surface area contributed by atoms with Crippen LogP contribution in [0.2, 0.25) is 0 Å². The average Bonchev–Trinajstić information content (AvgIpc) is 2.73. The molecule has 0 amide bonds. The van der Waals surface area contributed by atoms with Gasteiger partial charge in [-0.25, -0.2) is 0 Å². The highest BCUT2D eigenvalue weighted by molar-refractivity contribution is 5.76. The van der Waals surface area contributed by atoms with Gasteiger partial charge in [0.2, 0.25) is 0 Å². The molecule has 1 aromatic carbocycles. The molecule has 1 aliphatic carbocycles. The summed E-state index contributed by atoms with van der Waals surface area (Å²) in [6.45, 7) is 19.1. The Bertz CT molecular complexity index is 561. The molecule has 1 aromatic rings. The van der Waals surface area contributed by atoms with Crippen molar-refractivity contribution in [3.63, 3.8) is 0 Å². The van der Waals surface area contributed by atoms with Crippen LogP contribution in [0.3, 0.4) is 0 Å². The Morgan fingerprint density at radius 1 is 0.852 bits per heavy atom. The van der Waals surface area contributed by atoms with Crippen LogP contribution in [0.25, 0.3) is 5.57 Å². The maximum absolute atomic E-state index is 4.34. The topological polar surface area (TPSA) is 0 Å². The number of hydrogen-bond acceptors (Lipinski definition) is 0. The van der Waals surface area contributed by atoms with Crippen LogP contribution in [0.15, 0.2) is 61.2 Å². The number of rotatable bonds is 10. The molecule has 2 atom stereocenters. The molecule has 0 spiro atoms. The molecule has 0 aromatic heterocycles. The molecule has 0 aliphatic heterocycles. The fraction of sp³-hybridized carbons (Fsp3) is 0.556. The van der Waals surface area contributed by atoms with Crippen LogP contribution in [0.4, 0.5) is 0 Å². The highest BCUT2D eigenvalue weighted by Gasteiger charge is 2.23. The SMILES string of the molecule is C=C(CCC(=C)C(=C)c1ccccc1)CCC1CCCCC1CCC.CC. The van der Waals surface area contributed by atoms with E-state index in [4.69, 9.17) is 0 Å². The molecule has 27 heavy (non-hydrogen) atoms. The Kier molecular flexibility index (Phi) is 11.8. The zero-order chi connectivity index (χ0) is 20.1. The Hall–Kier alpha value is -1.56. The van der Waals surface area contributed by atoms with Crippen molar-refractivity contribution in [3.05, 3.63) is 66.8 Å². The molecule has 0 heterocycles. The Labute approximate surface area is 169 Å². The molecule has 150 valence electrons. The summed E-state index contributed by atoms with van der Waals surface area (Å²) in [6, 6.07) is 10.4. The maximum atomic E-state index is 4.34. The minimum Gasteiger partial charge on any atom is -0.0999 e. The molecule has 1 fully saturated rings. The van der Waals surface area contributed by atoms with Crippen molar-refractivity contribution in [2.45, 2.75) is 85.0 Å². The zero-order valence-electron chi connectivity index (χ0n) is 18.2. The maximum Gasteiger partial charge on any atom is -0.0187 e. The van der Waals surface area contributed by atoms with Crippen molar-refractivity contribution in [1.82, 2.24) is 0 Å². The van der Waals surface area contributed by atoms with Gasteiger partial charge in [0, 0.05) is 0 Å². The number of benzene rings is 1. The van der Waals surface area contributed by atoms with Gasteiger partial charge in [-0.15, -0.1) is 0 Å². The molecule has 0 saturated heterocycles. The van der Waals surface area contributed by atoms with Crippen molar-refractivity contribution >= 4 is 5.57 Å². The average molecular weight is 367 g/mol. The summed E-state index contributed by atoms with van der Waals surface area (Å²) in [5, 5.41) is 0. The molecule has 0 bridgehead atoms. The first-order chi connectivity index (χ1) is 13.1. The van der Waals surface area contributed by atoms with Crippen LogP contribution >= 0.6 is 0 Å². The van der Waals surface area contributed by atoms with Crippen LogP contribution in [-0.4, -0.2) is 0 Å². The van der Waals surface area contributed by atoms with Crippen molar-refractivity contribution < 1.29 is 0 Å². The van der Waals surface area contributed by atoms with E-state index in [0.717, 1.165) is 35.8 Å². The Balaban J connectivity index is 0.00000176. The molecule has 1 saturated carbocycles. The molecular weight excluding hydrogens is 324 g/mol. The lowest BCUT2D eigenvalue weighted by molar-refractivity contribution is 0.210. The van der Waals surface area contributed by atoms with Gasteiger partial charge in [-0.05, 0) is 54.2 Å². The number of allylic oxidation sites excluding steroid dienone is 3. The predicted molar refractivity (Wildman–Crippen MR) is 124 cm³/mol. The lowest BCUT2D eigenvalue weighted by Crippen LogP contribution is -2.19. The Morgan fingerprint density at radius 2 is 1.44 bits per heavy atom. The lowest BCUT2D eigenvalue weighted by Gasteiger charge is -2.31. The summed E-state index contributed by atoms with van der Waals surface area (Å²) >= 11 is 0. The summed E-state index contributed by atoms with van der Waals surface area (Å²) < 4.78 is 0. The van der Waals surface area contributed by atoms with Crippen molar-refractivity contribution in [2.24, 2.45) is 11.8 Å². The molecule has 1 aliphatic rings. The second-order valence-electron chi connectivity index (χ2n) is 7.83. The van der Waals surface area contributed by atoms with Crippen LogP contribution in [-0.2, 0) is 0 Å². The molecule has 2 rings (SSSR count). The highest BCUT2D eigenvalue weighted by Crippen LogP contribution is 2.37. The van der Waals surface area contributed by atoms with Gasteiger partial charge < -0.3 is 0 Å². The molecular formula is C27H42. The van der Waals surface area contributed by atoms with E-state index in [1.54, 1.807) is 0 Å². The predicted octanol–water partition coefficient (Wildman–Crippen LogP) is 9.01. The molecule has 0 radical (unpaired) electrons. The van der Waals surface area contributed by atoms with Crippen molar-refractivity contribution in [1.29, 1.82) is 0 Å². The van der Waals surface area contributed by atoms with Gasteiger partial charge in [0.25, 0.3) is 0 Å². The largest absolute Gasteiger partial charge is 0.0999 e. The third kappa shape index (κ3) is 8.33. The standard InChI is InChI=1S/C25H36.C2H6/c1-5-11-24-14-9-10-15-25(24)19-17-20(2)16-18-21(3)22(4)23-12-7-6-8-13-23;1-2/h6-8,12-13,24-25H,2-5,9-11,14-19H2,1H3;1-2H3. The van der Waals surface area contributed by atoms with Gasteiger partial charge in [-0.1, -0.05) is 115 Å². The van der Waals surface area contributed by atoms with Gasteiger partial charge in [-0.2, -0.15) is 0 Å². The van der Waals surface area contributed by atoms with E-state index in [0.29, 0.717) is 0 Å². The fourth-order valence-corrected chi connectivity index (χ4v) is 4.25. The summed E-state index contributed by atoms with van der Waals surface area (Å²) in [4.78, 5) is 0. The van der Waals surface area contributed by atoms with Gasteiger partial charge >= 0.3 is 0 Å². The normalized spacial score (nSPS) is 18.9. The van der Waals surface area contributed by atoms with Gasteiger partial charge in [0.05, 0.1) is 0 Å². The molecule has 0 heteroatoms. The first-order valence-electron chi connectivity index (χ1n) is 11.2. The van der Waals surface area contributed by atoms with E-state index in [1.807, 2.05) is 19.9 Å². The van der Waals surface area contributed by atoms with E-state index in [1.165, 1.54) is 62.5 Å². The minimum atomic E-state index is 0.938. The van der Waals surface area contributed by atoms with E-state index in [2.05, 4.69) is 50.9 Å². The smallest absolute Gasteiger partial charge is 0.0187 e. The number of hydrogen-bond donors (Lipinski definition) is 0. The monoisotopic (exact) mass is 366 g/mol. The van der Waals surface area contributed by atoms with E-state index in [9.17, 15) is 0 Å². The summed E-state index contributed by atoms with van der Waals surface area (Å²) in [6.07, 6.45) is 13.1. The minimum absolute atomic E-state index is 0.938. The fourth-order valence-electron chi connectivity index (χ4n) is 4.25. The van der Waals surface area contributed by atoms with Crippen LogP contribution < -0.4 is 0 Å².